The lowest BCUT2D eigenvalue weighted by molar-refractivity contribution is 0.0979. The number of carbonyl (C=O) groups is 2. The average Bonchev–Trinajstić information content (AvgIpc) is 2.85. The molecule has 0 spiro atoms. The van der Waals surface area contributed by atoms with Crippen LogP contribution >= 0.6 is 0 Å². The number of hydrogen-bond acceptors (Lipinski definition) is 2. The van der Waals surface area contributed by atoms with Crippen molar-refractivity contribution >= 4 is 45.3 Å². The molecular formula is C30H18O2. The second kappa shape index (κ2) is 7.14. The highest BCUT2D eigenvalue weighted by atomic mass is 16.1. The zero-order valence-electron chi connectivity index (χ0n) is 17.2. The SMILES string of the molecule is O=C1c2ccccc2C(=O)c2cc(C=Cc3c4ccccc4cc4ccccc34)ccc21. The van der Waals surface area contributed by atoms with Crippen LogP contribution in [0, 0.1) is 0 Å². The van der Waals surface area contributed by atoms with E-state index in [4.69, 9.17) is 0 Å². The third-order valence-electron chi connectivity index (χ3n) is 6.20. The van der Waals surface area contributed by atoms with Crippen molar-refractivity contribution in [3.63, 3.8) is 0 Å². The third kappa shape index (κ3) is 2.81. The molecule has 0 fully saturated rings. The maximum Gasteiger partial charge on any atom is 0.194 e. The molecule has 0 atom stereocenters. The molecule has 2 heteroatoms. The molecule has 150 valence electrons. The van der Waals surface area contributed by atoms with Gasteiger partial charge in [0.1, 0.15) is 0 Å². The van der Waals surface area contributed by atoms with Gasteiger partial charge in [0.05, 0.1) is 0 Å². The molecular weight excluding hydrogens is 392 g/mol. The van der Waals surface area contributed by atoms with Crippen molar-refractivity contribution in [2.75, 3.05) is 0 Å². The Kier molecular flexibility index (Phi) is 4.12. The molecule has 0 aliphatic heterocycles. The predicted molar refractivity (Wildman–Crippen MR) is 130 cm³/mol. The molecule has 0 N–H and O–H groups in total. The van der Waals surface area contributed by atoms with E-state index in [2.05, 4.69) is 60.7 Å². The van der Waals surface area contributed by atoms with Crippen molar-refractivity contribution in [1.82, 2.24) is 0 Å². The van der Waals surface area contributed by atoms with Crippen LogP contribution in [0.5, 0.6) is 0 Å². The fourth-order valence-corrected chi connectivity index (χ4v) is 4.63. The summed E-state index contributed by atoms with van der Waals surface area (Å²) in [4.78, 5) is 25.9. The summed E-state index contributed by atoms with van der Waals surface area (Å²) in [5, 5.41) is 4.74. The van der Waals surface area contributed by atoms with Crippen molar-refractivity contribution in [2.45, 2.75) is 0 Å². The Balaban J connectivity index is 1.48. The largest absolute Gasteiger partial charge is 0.289 e. The quantitative estimate of drug-likeness (QED) is 0.229. The summed E-state index contributed by atoms with van der Waals surface area (Å²) in [7, 11) is 0. The van der Waals surface area contributed by atoms with Gasteiger partial charge in [0.2, 0.25) is 0 Å². The number of carbonyl (C=O) groups excluding carboxylic acids is 2. The van der Waals surface area contributed by atoms with Gasteiger partial charge < -0.3 is 0 Å². The van der Waals surface area contributed by atoms with Gasteiger partial charge in [-0.05, 0) is 50.9 Å². The molecule has 6 rings (SSSR count). The van der Waals surface area contributed by atoms with E-state index >= 15 is 0 Å². The second-order valence-electron chi connectivity index (χ2n) is 8.07. The first kappa shape index (κ1) is 18.5. The fourth-order valence-electron chi connectivity index (χ4n) is 4.63. The van der Waals surface area contributed by atoms with Gasteiger partial charge in [-0.25, -0.2) is 0 Å². The number of fused-ring (bicyclic) bond motifs is 4. The zero-order chi connectivity index (χ0) is 21.7. The van der Waals surface area contributed by atoms with Crippen LogP contribution in [0.4, 0.5) is 0 Å². The van der Waals surface area contributed by atoms with Gasteiger partial charge in [-0.1, -0.05) is 91.0 Å². The Labute approximate surface area is 185 Å². The number of benzene rings is 5. The van der Waals surface area contributed by atoms with E-state index in [1.165, 1.54) is 21.5 Å². The summed E-state index contributed by atoms with van der Waals surface area (Å²) >= 11 is 0. The van der Waals surface area contributed by atoms with E-state index in [0.717, 1.165) is 11.1 Å². The van der Waals surface area contributed by atoms with Crippen molar-refractivity contribution in [2.24, 2.45) is 0 Å². The van der Waals surface area contributed by atoms with Crippen molar-refractivity contribution < 1.29 is 9.59 Å². The predicted octanol–water partition coefficient (Wildman–Crippen LogP) is 6.94. The van der Waals surface area contributed by atoms with E-state index in [1.807, 2.05) is 18.2 Å². The molecule has 0 bridgehead atoms. The van der Waals surface area contributed by atoms with Gasteiger partial charge in [0, 0.05) is 22.3 Å². The summed E-state index contributed by atoms with van der Waals surface area (Å²) < 4.78 is 0. The van der Waals surface area contributed by atoms with Crippen LogP contribution in [0.3, 0.4) is 0 Å². The van der Waals surface area contributed by atoms with E-state index in [-0.39, 0.29) is 11.6 Å². The molecule has 1 aliphatic carbocycles. The first-order valence-electron chi connectivity index (χ1n) is 10.6. The van der Waals surface area contributed by atoms with Gasteiger partial charge in [-0.3, -0.25) is 9.59 Å². The van der Waals surface area contributed by atoms with E-state index in [9.17, 15) is 9.59 Å². The zero-order valence-corrected chi connectivity index (χ0v) is 17.2. The van der Waals surface area contributed by atoms with Gasteiger partial charge in [-0.15, -0.1) is 0 Å². The van der Waals surface area contributed by atoms with Crippen LogP contribution in [-0.2, 0) is 0 Å². The van der Waals surface area contributed by atoms with Crippen LogP contribution in [0.1, 0.15) is 43.0 Å². The standard InChI is InChI=1S/C30H18O2/c31-29-25-11-5-6-12-26(25)30(32)28-17-19(14-16-27(28)29)13-15-24-22-9-3-1-7-20(22)18-21-8-2-4-10-23(21)24/h1-18H. The van der Waals surface area contributed by atoms with E-state index < -0.39 is 0 Å². The molecule has 0 heterocycles. The van der Waals surface area contributed by atoms with Crippen molar-refractivity contribution in [1.29, 1.82) is 0 Å². The summed E-state index contributed by atoms with van der Waals surface area (Å²) in [6.07, 6.45) is 4.13. The monoisotopic (exact) mass is 410 g/mol. The van der Waals surface area contributed by atoms with Gasteiger partial charge in [0.15, 0.2) is 11.6 Å². The molecule has 0 radical (unpaired) electrons. The lowest BCUT2D eigenvalue weighted by atomic mass is 9.83. The Morgan fingerprint density at radius 2 is 1.00 bits per heavy atom. The maximum atomic E-state index is 13.1. The Morgan fingerprint density at radius 3 is 1.66 bits per heavy atom. The lowest BCUT2D eigenvalue weighted by Crippen LogP contribution is -2.20. The number of hydrogen-bond donors (Lipinski definition) is 0. The van der Waals surface area contributed by atoms with Gasteiger partial charge >= 0.3 is 0 Å². The Morgan fingerprint density at radius 1 is 0.469 bits per heavy atom. The Bertz CT molecular complexity index is 1550. The fraction of sp³-hybridized carbons (Fsp3) is 0. The highest BCUT2D eigenvalue weighted by Crippen LogP contribution is 2.31. The average molecular weight is 410 g/mol. The maximum absolute atomic E-state index is 13.1. The molecule has 2 nitrogen and oxygen atoms in total. The van der Waals surface area contributed by atoms with Gasteiger partial charge in [0.25, 0.3) is 0 Å². The number of ketones is 2. The Hall–Kier alpha value is -4.30. The smallest absolute Gasteiger partial charge is 0.194 e. The summed E-state index contributed by atoms with van der Waals surface area (Å²) in [5.41, 5.74) is 3.94. The van der Waals surface area contributed by atoms with Crippen LogP contribution < -0.4 is 0 Å². The minimum absolute atomic E-state index is 0.0919. The number of rotatable bonds is 2. The highest BCUT2D eigenvalue weighted by Gasteiger charge is 2.29. The molecule has 32 heavy (non-hydrogen) atoms. The second-order valence-corrected chi connectivity index (χ2v) is 8.07. The van der Waals surface area contributed by atoms with Crippen molar-refractivity contribution in [3.8, 4) is 0 Å². The van der Waals surface area contributed by atoms with Crippen molar-refractivity contribution in [3.05, 3.63) is 130 Å². The topological polar surface area (TPSA) is 34.1 Å². The molecule has 5 aromatic rings. The van der Waals surface area contributed by atoms with Gasteiger partial charge in [-0.2, -0.15) is 0 Å². The normalized spacial score (nSPS) is 13.0. The van der Waals surface area contributed by atoms with Crippen LogP contribution in [0.25, 0.3) is 33.7 Å². The summed E-state index contributed by atoms with van der Waals surface area (Å²) in [5.74, 6) is -0.188. The lowest BCUT2D eigenvalue weighted by Gasteiger charge is -2.17. The third-order valence-corrected chi connectivity index (χ3v) is 6.20. The first-order valence-corrected chi connectivity index (χ1v) is 10.6. The summed E-state index contributed by atoms with van der Waals surface area (Å²) in [6, 6.07) is 31.5. The molecule has 0 saturated carbocycles. The minimum Gasteiger partial charge on any atom is -0.289 e. The minimum atomic E-state index is -0.0962. The van der Waals surface area contributed by atoms with E-state index in [0.29, 0.717) is 22.3 Å². The van der Waals surface area contributed by atoms with E-state index in [1.54, 1.807) is 30.3 Å². The molecule has 0 aromatic heterocycles. The molecule has 0 saturated heterocycles. The first-order chi connectivity index (χ1) is 15.7. The molecule has 1 aliphatic rings. The van der Waals surface area contributed by atoms with Crippen LogP contribution in [0.2, 0.25) is 0 Å². The van der Waals surface area contributed by atoms with Crippen LogP contribution in [0.15, 0.2) is 97.1 Å². The highest BCUT2D eigenvalue weighted by molar-refractivity contribution is 6.28. The summed E-state index contributed by atoms with van der Waals surface area (Å²) in [6.45, 7) is 0. The van der Waals surface area contributed by atoms with Crippen LogP contribution in [-0.4, -0.2) is 11.6 Å². The molecule has 0 unspecified atom stereocenters. The molecule has 0 amide bonds. The molecule has 5 aromatic carbocycles.